The fourth-order valence-electron chi connectivity index (χ4n) is 3.45. The third-order valence-electron chi connectivity index (χ3n) is 4.29. The lowest BCUT2D eigenvalue weighted by molar-refractivity contribution is 0.193. The normalized spacial score (nSPS) is 30.2. The molecule has 18 heavy (non-hydrogen) atoms. The van der Waals surface area contributed by atoms with Gasteiger partial charge in [-0.05, 0) is 61.1 Å². The number of halogens is 1. The first-order chi connectivity index (χ1) is 8.47. The molecular formula is C16H24FN. The van der Waals surface area contributed by atoms with E-state index in [-0.39, 0.29) is 11.9 Å². The predicted octanol–water partition coefficient (Wildman–Crippen LogP) is 4.21. The standard InChI is InChI=1S/C16H24FN/c1-10-6-11(2)8-14(7-10)16(18)13-4-5-15(17)12(3)9-13/h4-5,9-11,14,16H,6-8,18H2,1-3H3. The smallest absolute Gasteiger partial charge is 0.126 e. The molecule has 1 aliphatic rings. The van der Waals surface area contributed by atoms with Crippen LogP contribution in [0.4, 0.5) is 4.39 Å². The molecule has 0 spiro atoms. The first-order valence-electron chi connectivity index (χ1n) is 6.99. The van der Waals surface area contributed by atoms with E-state index in [1.807, 2.05) is 12.1 Å². The van der Waals surface area contributed by atoms with Crippen molar-refractivity contribution < 1.29 is 4.39 Å². The highest BCUT2D eigenvalue weighted by atomic mass is 19.1. The van der Waals surface area contributed by atoms with Gasteiger partial charge in [0.15, 0.2) is 0 Å². The molecule has 0 aromatic heterocycles. The Balaban J connectivity index is 2.14. The Morgan fingerprint density at radius 2 is 1.78 bits per heavy atom. The third-order valence-corrected chi connectivity index (χ3v) is 4.29. The maximum Gasteiger partial charge on any atom is 0.126 e. The van der Waals surface area contributed by atoms with Crippen molar-refractivity contribution in [1.82, 2.24) is 0 Å². The van der Waals surface area contributed by atoms with Crippen molar-refractivity contribution in [1.29, 1.82) is 0 Å². The molecule has 2 rings (SSSR count). The molecule has 2 N–H and O–H groups in total. The van der Waals surface area contributed by atoms with Gasteiger partial charge in [-0.3, -0.25) is 0 Å². The zero-order valence-electron chi connectivity index (χ0n) is 11.6. The van der Waals surface area contributed by atoms with E-state index < -0.39 is 0 Å². The zero-order valence-corrected chi connectivity index (χ0v) is 11.6. The third kappa shape index (κ3) is 2.92. The van der Waals surface area contributed by atoms with E-state index in [9.17, 15) is 4.39 Å². The molecular weight excluding hydrogens is 225 g/mol. The summed E-state index contributed by atoms with van der Waals surface area (Å²) in [7, 11) is 0. The second-order valence-electron chi connectivity index (χ2n) is 6.21. The highest BCUT2D eigenvalue weighted by Gasteiger charge is 2.29. The maximum atomic E-state index is 13.3. The highest BCUT2D eigenvalue weighted by molar-refractivity contribution is 5.26. The zero-order chi connectivity index (χ0) is 13.3. The first-order valence-corrected chi connectivity index (χ1v) is 6.99. The van der Waals surface area contributed by atoms with Crippen LogP contribution >= 0.6 is 0 Å². The van der Waals surface area contributed by atoms with Gasteiger partial charge >= 0.3 is 0 Å². The first kappa shape index (κ1) is 13.5. The van der Waals surface area contributed by atoms with Crippen molar-refractivity contribution in [2.24, 2.45) is 23.5 Å². The number of rotatable bonds is 2. The molecule has 3 atom stereocenters. The lowest BCUT2D eigenvalue weighted by Crippen LogP contribution is -2.29. The van der Waals surface area contributed by atoms with E-state index in [4.69, 9.17) is 5.73 Å². The number of benzene rings is 1. The molecule has 0 bridgehead atoms. The van der Waals surface area contributed by atoms with Crippen molar-refractivity contribution in [3.05, 3.63) is 35.1 Å². The van der Waals surface area contributed by atoms with Crippen molar-refractivity contribution >= 4 is 0 Å². The van der Waals surface area contributed by atoms with Crippen LogP contribution in [-0.4, -0.2) is 0 Å². The summed E-state index contributed by atoms with van der Waals surface area (Å²) in [6.07, 6.45) is 3.70. The van der Waals surface area contributed by atoms with Crippen LogP contribution in [0.2, 0.25) is 0 Å². The molecule has 1 fully saturated rings. The van der Waals surface area contributed by atoms with Crippen LogP contribution in [0.5, 0.6) is 0 Å². The van der Waals surface area contributed by atoms with Crippen LogP contribution in [0.25, 0.3) is 0 Å². The lowest BCUT2D eigenvalue weighted by atomic mass is 9.72. The van der Waals surface area contributed by atoms with Gasteiger partial charge in [0.2, 0.25) is 0 Å². The molecule has 2 heteroatoms. The largest absolute Gasteiger partial charge is 0.324 e. The number of hydrogen-bond donors (Lipinski definition) is 1. The van der Waals surface area contributed by atoms with Gasteiger partial charge in [-0.15, -0.1) is 0 Å². The number of hydrogen-bond acceptors (Lipinski definition) is 1. The Hall–Kier alpha value is -0.890. The minimum Gasteiger partial charge on any atom is -0.324 e. The fourth-order valence-corrected chi connectivity index (χ4v) is 3.45. The average molecular weight is 249 g/mol. The van der Waals surface area contributed by atoms with E-state index in [0.29, 0.717) is 11.5 Å². The average Bonchev–Trinajstić information content (AvgIpc) is 2.30. The summed E-state index contributed by atoms with van der Waals surface area (Å²) in [5.41, 5.74) is 8.17. The van der Waals surface area contributed by atoms with E-state index in [1.54, 1.807) is 13.0 Å². The summed E-state index contributed by atoms with van der Waals surface area (Å²) < 4.78 is 13.3. The molecule has 0 amide bonds. The van der Waals surface area contributed by atoms with Crippen LogP contribution in [0.15, 0.2) is 18.2 Å². The topological polar surface area (TPSA) is 26.0 Å². The predicted molar refractivity (Wildman–Crippen MR) is 73.7 cm³/mol. The Labute approximate surface area is 110 Å². The quantitative estimate of drug-likeness (QED) is 0.835. The Bertz CT molecular complexity index is 406. The minimum absolute atomic E-state index is 0.0505. The van der Waals surface area contributed by atoms with Gasteiger partial charge in [0.1, 0.15) is 5.82 Å². The fraction of sp³-hybridized carbons (Fsp3) is 0.625. The summed E-state index contributed by atoms with van der Waals surface area (Å²) in [4.78, 5) is 0. The molecule has 1 aromatic rings. The Morgan fingerprint density at radius 3 is 2.33 bits per heavy atom. The Morgan fingerprint density at radius 1 is 1.17 bits per heavy atom. The van der Waals surface area contributed by atoms with Gasteiger partial charge in [0.25, 0.3) is 0 Å². The van der Waals surface area contributed by atoms with Gasteiger partial charge in [0, 0.05) is 6.04 Å². The summed E-state index contributed by atoms with van der Waals surface area (Å²) in [6.45, 7) is 6.42. The molecule has 100 valence electrons. The molecule has 1 aromatic carbocycles. The van der Waals surface area contributed by atoms with E-state index >= 15 is 0 Å². The second kappa shape index (κ2) is 5.40. The summed E-state index contributed by atoms with van der Waals surface area (Å²) in [6, 6.07) is 5.34. The number of nitrogens with two attached hydrogens (primary N) is 1. The van der Waals surface area contributed by atoms with Crippen LogP contribution in [0.1, 0.15) is 50.3 Å². The van der Waals surface area contributed by atoms with Gasteiger partial charge in [0.05, 0.1) is 0 Å². The summed E-state index contributed by atoms with van der Waals surface area (Å²) in [5, 5.41) is 0. The van der Waals surface area contributed by atoms with Crippen molar-refractivity contribution in [3.8, 4) is 0 Å². The van der Waals surface area contributed by atoms with E-state index in [1.165, 1.54) is 19.3 Å². The molecule has 1 nitrogen and oxygen atoms in total. The van der Waals surface area contributed by atoms with Gasteiger partial charge in [-0.25, -0.2) is 4.39 Å². The van der Waals surface area contributed by atoms with Gasteiger partial charge in [-0.1, -0.05) is 26.0 Å². The van der Waals surface area contributed by atoms with E-state index in [2.05, 4.69) is 13.8 Å². The van der Waals surface area contributed by atoms with Crippen molar-refractivity contribution in [2.45, 2.75) is 46.1 Å². The second-order valence-corrected chi connectivity index (χ2v) is 6.21. The molecule has 1 aliphatic carbocycles. The monoisotopic (exact) mass is 249 g/mol. The molecule has 0 radical (unpaired) electrons. The summed E-state index contributed by atoms with van der Waals surface area (Å²) >= 11 is 0. The molecule has 3 unspecified atom stereocenters. The van der Waals surface area contributed by atoms with Crippen molar-refractivity contribution in [3.63, 3.8) is 0 Å². The van der Waals surface area contributed by atoms with Gasteiger partial charge in [-0.2, -0.15) is 0 Å². The molecule has 1 saturated carbocycles. The van der Waals surface area contributed by atoms with Crippen LogP contribution in [-0.2, 0) is 0 Å². The molecule has 0 aliphatic heterocycles. The minimum atomic E-state index is -0.142. The summed E-state index contributed by atoms with van der Waals surface area (Å²) in [5.74, 6) is 1.91. The number of aryl methyl sites for hydroxylation is 1. The maximum absolute atomic E-state index is 13.3. The molecule has 0 heterocycles. The highest BCUT2D eigenvalue weighted by Crippen LogP contribution is 2.38. The van der Waals surface area contributed by atoms with Gasteiger partial charge < -0.3 is 5.73 Å². The van der Waals surface area contributed by atoms with E-state index in [0.717, 1.165) is 17.4 Å². The molecule has 0 saturated heterocycles. The Kier molecular flexibility index (Phi) is 4.06. The van der Waals surface area contributed by atoms with Crippen LogP contribution < -0.4 is 5.73 Å². The van der Waals surface area contributed by atoms with Crippen LogP contribution in [0.3, 0.4) is 0 Å². The SMILES string of the molecule is Cc1cc(C(N)C2CC(C)CC(C)C2)ccc1F. The van der Waals surface area contributed by atoms with Crippen LogP contribution in [0, 0.1) is 30.5 Å². The van der Waals surface area contributed by atoms with Crippen molar-refractivity contribution in [2.75, 3.05) is 0 Å². The lowest BCUT2D eigenvalue weighted by Gasteiger charge is -2.35.